The Kier molecular flexibility index (Phi) is 7.89. The van der Waals surface area contributed by atoms with Crippen molar-refractivity contribution in [1.29, 1.82) is 0 Å². The number of rotatable bonds is 7. The summed E-state index contributed by atoms with van der Waals surface area (Å²) in [6.07, 6.45) is 10.5. The molecule has 2 aliphatic carbocycles. The van der Waals surface area contributed by atoms with Gasteiger partial charge in [0.2, 0.25) is 11.6 Å². The molecule has 1 unspecified atom stereocenters. The number of azo groups is 1. The van der Waals surface area contributed by atoms with Crippen LogP contribution in [0.15, 0.2) is 38.1 Å². The van der Waals surface area contributed by atoms with E-state index in [0.717, 1.165) is 69.8 Å². The molecule has 2 aromatic heterocycles. The predicted octanol–water partition coefficient (Wildman–Crippen LogP) is 5.18. The van der Waals surface area contributed by atoms with Crippen LogP contribution in [0.25, 0.3) is 0 Å². The molecule has 2 heterocycles. The molecule has 0 spiro atoms. The minimum absolute atomic E-state index is 0.148. The largest absolute Gasteiger partial charge is 0.493 e. The second-order valence-corrected chi connectivity index (χ2v) is 9.14. The van der Waals surface area contributed by atoms with Crippen LogP contribution in [0.4, 0.5) is 11.5 Å². The molecule has 0 amide bonds. The van der Waals surface area contributed by atoms with Crippen LogP contribution in [0.2, 0.25) is 0 Å². The Morgan fingerprint density at radius 2 is 1.59 bits per heavy atom. The van der Waals surface area contributed by atoms with E-state index in [1.165, 1.54) is 16.2 Å². The Balaban J connectivity index is 1.73. The first-order chi connectivity index (χ1) is 16.5. The third-order valence-corrected chi connectivity index (χ3v) is 6.89. The molecule has 2 aromatic rings. The summed E-state index contributed by atoms with van der Waals surface area (Å²) in [5.74, 6) is -0.136. The van der Waals surface area contributed by atoms with Gasteiger partial charge in [-0.05, 0) is 38.7 Å². The second-order valence-electron chi connectivity index (χ2n) is 9.14. The molecule has 2 aliphatic rings. The third kappa shape index (κ3) is 5.12. The minimum Gasteiger partial charge on any atom is -0.493 e. The van der Waals surface area contributed by atoms with Crippen molar-refractivity contribution in [2.45, 2.75) is 89.3 Å². The molecule has 0 bridgehead atoms. The van der Waals surface area contributed by atoms with Crippen molar-refractivity contribution >= 4 is 11.5 Å². The fourth-order valence-corrected chi connectivity index (χ4v) is 5.03. The lowest BCUT2D eigenvalue weighted by Gasteiger charge is -2.28. The minimum atomic E-state index is -0.594. The SMILES string of the molecule is COOC(C)c1ccc(N=Nc2c(O)n(C3CCCCC3)c(=O)n(C3CCCCC3)c2=O)nc1. The average Bonchev–Trinajstić information content (AvgIpc) is 2.86. The van der Waals surface area contributed by atoms with Crippen molar-refractivity contribution in [3.05, 3.63) is 44.7 Å². The number of pyridine rings is 1. The van der Waals surface area contributed by atoms with Crippen LogP contribution in [0, 0.1) is 0 Å². The summed E-state index contributed by atoms with van der Waals surface area (Å²) in [6.45, 7) is 1.82. The molecule has 10 heteroatoms. The number of aromatic nitrogens is 3. The van der Waals surface area contributed by atoms with Crippen LogP contribution >= 0.6 is 0 Å². The third-order valence-electron chi connectivity index (χ3n) is 6.89. The lowest BCUT2D eigenvalue weighted by atomic mass is 9.94. The molecule has 2 fully saturated rings. The van der Waals surface area contributed by atoms with Crippen molar-refractivity contribution < 1.29 is 14.9 Å². The Hall–Kier alpha value is -2.85. The van der Waals surface area contributed by atoms with Gasteiger partial charge >= 0.3 is 5.69 Å². The monoisotopic (exact) mass is 471 g/mol. The zero-order valence-corrected chi connectivity index (χ0v) is 19.9. The van der Waals surface area contributed by atoms with E-state index in [1.807, 2.05) is 6.92 Å². The topological polar surface area (TPSA) is 120 Å². The molecule has 184 valence electrons. The summed E-state index contributed by atoms with van der Waals surface area (Å²) in [6, 6.07) is 3.08. The lowest BCUT2D eigenvalue weighted by molar-refractivity contribution is -0.303. The van der Waals surface area contributed by atoms with Gasteiger partial charge in [-0.25, -0.2) is 19.6 Å². The van der Waals surface area contributed by atoms with Gasteiger partial charge in [-0.15, -0.1) is 10.2 Å². The zero-order chi connectivity index (χ0) is 24.1. The zero-order valence-electron chi connectivity index (χ0n) is 19.9. The van der Waals surface area contributed by atoms with Gasteiger partial charge in [-0.3, -0.25) is 13.9 Å². The van der Waals surface area contributed by atoms with Gasteiger partial charge in [0.15, 0.2) is 5.82 Å². The molecule has 0 radical (unpaired) electrons. The Bertz CT molecular complexity index is 1110. The van der Waals surface area contributed by atoms with E-state index in [2.05, 4.69) is 20.1 Å². The van der Waals surface area contributed by atoms with Gasteiger partial charge in [-0.1, -0.05) is 44.6 Å². The molecule has 34 heavy (non-hydrogen) atoms. The molecule has 2 saturated carbocycles. The number of hydrogen-bond acceptors (Lipinski definition) is 8. The first-order valence-corrected chi connectivity index (χ1v) is 12.2. The first-order valence-electron chi connectivity index (χ1n) is 12.2. The van der Waals surface area contributed by atoms with Crippen LogP contribution in [0.3, 0.4) is 0 Å². The highest BCUT2D eigenvalue weighted by Gasteiger charge is 2.29. The summed E-state index contributed by atoms with van der Waals surface area (Å²) < 4.78 is 2.69. The molecule has 10 nitrogen and oxygen atoms in total. The maximum atomic E-state index is 13.4. The highest BCUT2D eigenvalue weighted by atomic mass is 17.2. The van der Waals surface area contributed by atoms with E-state index in [-0.39, 0.29) is 29.7 Å². The molecule has 0 saturated heterocycles. The molecular weight excluding hydrogens is 438 g/mol. The van der Waals surface area contributed by atoms with E-state index >= 15 is 0 Å². The Morgan fingerprint density at radius 3 is 2.15 bits per heavy atom. The molecule has 0 aromatic carbocycles. The van der Waals surface area contributed by atoms with Crippen LogP contribution < -0.4 is 11.2 Å². The fourth-order valence-electron chi connectivity index (χ4n) is 5.03. The summed E-state index contributed by atoms with van der Waals surface area (Å²) in [4.78, 5) is 40.8. The molecule has 4 rings (SSSR count). The first kappa shape index (κ1) is 24.3. The second kappa shape index (κ2) is 11.1. The van der Waals surface area contributed by atoms with Gasteiger partial charge in [0.25, 0.3) is 5.56 Å². The van der Waals surface area contributed by atoms with Crippen molar-refractivity contribution in [2.24, 2.45) is 10.2 Å². The van der Waals surface area contributed by atoms with E-state index < -0.39 is 17.1 Å². The van der Waals surface area contributed by atoms with E-state index in [9.17, 15) is 14.7 Å². The molecular formula is C24H33N5O5. The number of nitrogens with zero attached hydrogens (tertiary/aromatic N) is 5. The van der Waals surface area contributed by atoms with E-state index in [0.29, 0.717) is 0 Å². The highest BCUT2D eigenvalue weighted by Crippen LogP contribution is 2.34. The summed E-state index contributed by atoms with van der Waals surface area (Å²) in [5, 5.41) is 19.2. The predicted molar refractivity (Wildman–Crippen MR) is 126 cm³/mol. The van der Waals surface area contributed by atoms with Crippen molar-refractivity contribution in [3.8, 4) is 5.88 Å². The van der Waals surface area contributed by atoms with Crippen molar-refractivity contribution in [1.82, 2.24) is 14.1 Å². The van der Waals surface area contributed by atoms with Crippen LogP contribution in [-0.2, 0) is 9.78 Å². The standard InChI is InChI=1S/C24H33N5O5/c1-16(34-33-2)17-13-14-20(25-15-17)26-27-21-22(30)28(18-9-5-3-6-10-18)24(32)29(23(21)31)19-11-7-4-8-12-19/h13-16,18-19,30H,3-12H2,1-2H3. The molecule has 1 N–H and O–H groups in total. The lowest BCUT2D eigenvalue weighted by Crippen LogP contribution is -2.43. The summed E-state index contributed by atoms with van der Waals surface area (Å²) in [7, 11) is 1.44. The average molecular weight is 472 g/mol. The van der Waals surface area contributed by atoms with Gasteiger partial charge in [0.1, 0.15) is 6.10 Å². The normalized spacial score (nSPS) is 19.0. The van der Waals surface area contributed by atoms with Crippen LogP contribution in [0.1, 0.15) is 94.9 Å². The van der Waals surface area contributed by atoms with Crippen molar-refractivity contribution in [3.63, 3.8) is 0 Å². The maximum absolute atomic E-state index is 13.4. The van der Waals surface area contributed by atoms with Gasteiger partial charge in [0.05, 0.1) is 7.11 Å². The summed E-state index contributed by atoms with van der Waals surface area (Å²) in [5.41, 5.74) is -0.453. The van der Waals surface area contributed by atoms with Crippen LogP contribution in [-0.4, -0.2) is 26.3 Å². The highest BCUT2D eigenvalue weighted by molar-refractivity contribution is 5.45. The van der Waals surface area contributed by atoms with Crippen LogP contribution in [0.5, 0.6) is 5.88 Å². The smallest absolute Gasteiger partial charge is 0.334 e. The molecule has 1 atom stereocenters. The van der Waals surface area contributed by atoms with Gasteiger partial charge in [0, 0.05) is 23.8 Å². The summed E-state index contributed by atoms with van der Waals surface area (Å²) >= 11 is 0. The van der Waals surface area contributed by atoms with E-state index in [4.69, 9.17) is 4.89 Å². The van der Waals surface area contributed by atoms with Crippen molar-refractivity contribution in [2.75, 3.05) is 7.11 Å². The molecule has 0 aliphatic heterocycles. The van der Waals surface area contributed by atoms with Gasteiger partial charge in [-0.2, -0.15) is 0 Å². The Morgan fingerprint density at radius 1 is 0.971 bits per heavy atom. The van der Waals surface area contributed by atoms with E-state index in [1.54, 1.807) is 18.3 Å². The maximum Gasteiger partial charge on any atom is 0.334 e. The number of hydrogen-bond donors (Lipinski definition) is 1. The Labute approximate surface area is 198 Å². The number of aromatic hydroxyl groups is 1. The quantitative estimate of drug-likeness (QED) is 0.338. The van der Waals surface area contributed by atoms with Gasteiger partial charge < -0.3 is 5.11 Å². The fraction of sp³-hybridized carbons (Fsp3) is 0.625.